The molecule has 0 aliphatic carbocycles. The first kappa shape index (κ1) is 20.2. The number of methoxy groups -OCH3 is 1. The highest BCUT2D eigenvalue weighted by Crippen LogP contribution is 2.35. The summed E-state index contributed by atoms with van der Waals surface area (Å²) in [5.74, 6) is 0.650. The van der Waals surface area contributed by atoms with Gasteiger partial charge in [-0.15, -0.1) is 0 Å². The third kappa shape index (κ3) is 4.15. The highest BCUT2D eigenvalue weighted by molar-refractivity contribution is 9.10. The standard InChI is InChI=1S/C20H18BrClN2O4/c1-3-24-19(25)16(23-20(24)26)8-13-9-17(27-2)18(10-14(13)21)28-11-12-6-4-5-7-15(12)22/h4-10H,3,11H2,1-2H3,(H,23,26)/b16-8+. The maximum absolute atomic E-state index is 12.3. The van der Waals surface area contributed by atoms with E-state index < -0.39 is 6.03 Å². The van der Waals surface area contributed by atoms with Gasteiger partial charge in [-0.2, -0.15) is 0 Å². The monoisotopic (exact) mass is 464 g/mol. The van der Waals surface area contributed by atoms with Crippen molar-refractivity contribution in [2.24, 2.45) is 0 Å². The van der Waals surface area contributed by atoms with Crippen LogP contribution in [0.15, 0.2) is 46.6 Å². The summed E-state index contributed by atoms with van der Waals surface area (Å²) >= 11 is 9.65. The molecular formula is C20H18BrClN2O4. The lowest BCUT2D eigenvalue weighted by atomic mass is 10.1. The molecule has 0 aromatic heterocycles. The zero-order valence-electron chi connectivity index (χ0n) is 15.3. The molecule has 0 saturated carbocycles. The average Bonchev–Trinajstić information content (AvgIpc) is 2.95. The fourth-order valence-electron chi connectivity index (χ4n) is 2.72. The minimum atomic E-state index is -0.429. The van der Waals surface area contributed by atoms with E-state index in [2.05, 4.69) is 21.2 Å². The Morgan fingerprint density at radius 2 is 1.96 bits per heavy atom. The van der Waals surface area contributed by atoms with E-state index in [1.54, 1.807) is 31.2 Å². The van der Waals surface area contributed by atoms with Gasteiger partial charge in [-0.3, -0.25) is 9.69 Å². The van der Waals surface area contributed by atoms with Gasteiger partial charge in [0, 0.05) is 21.6 Å². The lowest BCUT2D eigenvalue weighted by Crippen LogP contribution is -2.30. The molecule has 146 valence electrons. The molecule has 0 unspecified atom stereocenters. The van der Waals surface area contributed by atoms with E-state index in [1.165, 1.54) is 7.11 Å². The van der Waals surface area contributed by atoms with Crippen LogP contribution in [0.3, 0.4) is 0 Å². The Bertz CT molecular complexity index is 961. The number of benzene rings is 2. The molecule has 0 atom stereocenters. The molecule has 3 amide bonds. The molecule has 8 heteroatoms. The SMILES string of the molecule is CCN1C(=O)N/C(=C/c2cc(OC)c(OCc3ccccc3Cl)cc2Br)C1=O. The fraction of sp³-hybridized carbons (Fsp3) is 0.200. The second-order valence-electron chi connectivity index (χ2n) is 5.94. The van der Waals surface area contributed by atoms with Crippen molar-refractivity contribution >= 4 is 45.5 Å². The first-order valence-corrected chi connectivity index (χ1v) is 9.70. The first-order valence-electron chi connectivity index (χ1n) is 8.52. The fourth-order valence-corrected chi connectivity index (χ4v) is 3.35. The van der Waals surface area contributed by atoms with Crippen molar-refractivity contribution in [3.05, 3.63) is 62.7 Å². The third-order valence-corrected chi connectivity index (χ3v) is 5.26. The summed E-state index contributed by atoms with van der Waals surface area (Å²) < 4.78 is 12.0. The van der Waals surface area contributed by atoms with Gasteiger partial charge in [0.1, 0.15) is 12.3 Å². The van der Waals surface area contributed by atoms with E-state index in [9.17, 15) is 9.59 Å². The van der Waals surface area contributed by atoms with E-state index >= 15 is 0 Å². The number of nitrogens with one attached hydrogen (secondary N) is 1. The minimum Gasteiger partial charge on any atom is -0.493 e. The van der Waals surface area contributed by atoms with Crippen molar-refractivity contribution in [2.45, 2.75) is 13.5 Å². The van der Waals surface area contributed by atoms with Gasteiger partial charge in [-0.05, 0) is 36.8 Å². The van der Waals surface area contributed by atoms with Gasteiger partial charge in [0.2, 0.25) is 0 Å². The van der Waals surface area contributed by atoms with Crippen LogP contribution in [0.25, 0.3) is 6.08 Å². The number of imide groups is 1. The molecule has 1 fully saturated rings. The van der Waals surface area contributed by atoms with E-state index in [0.29, 0.717) is 33.1 Å². The van der Waals surface area contributed by atoms with Gasteiger partial charge in [0.25, 0.3) is 5.91 Å². The molecule has 6 nitrogen and oxygen atoms in total. The molecule has 28 heavy (non-hydrogen) atoms. The first-order chi connectivity index (χ1) is 13.4. The number of rotatable bonds is 6. The van der Waals surface area contributed by atoms with Crippen LogP contribution in [0.4, 0.5) is 4.79 Å². The summed E-state index contributed by atoms with van der Waals surface area (Å²) in [6.07, 6.45) is 1.60. The van der Waals surface area contributed by atoms with Crippen LogP contribution in [0.5, 0.6) is 11.5 Å². The summed E-state index contributed by atoms with van der Waals surface area (Å²) in [6.45, 7) is 2.33. The van der Waals surface area contributed by atoms with Crippen LogP contribution < -0.4 is 14.8 Å². The highest BCUT2D eigenvalue weighted by atomic mass is 79.9. The smallest absolute Gasteiger partial charge is 0.328 e. The Morgan fingerprint density at radius 1 is 1.21 bits per heavy atom. The van der Waals surface area contributed by atoms with Gasteiger partial charge in [-0.1, -0.05) is 45.7 Å². The number of likely N-dealkylation sites (N-methyl/N-ethyl adjacent to an activating group) is 1. The topological polar surface area (TPSA) is 67.9 Å². The average molecular weight is 466 g/mol. The van der Waals surface area contributed by atoms with Gasteiger partial charge in [0.05, 0.1) is 7.11 Å². The number of carbonyl (C=O) groups excluding carboxylic acids is 2. The molecule has 1 N–H and O–H groups in total. The number of ether oxygens (including phenoxy) is 2. The Balaban J connectivity index is 1.86. The van der Waals surface area contributed by atoms with Crippen LogP contribution in [-0.4, -0.2) is 30.5 Å². The van der Waals surface area contributed by atoms with E-state index in [1.807, 2.05) is 18.2 Å². The Morgan fingerprint density at radius 3 is 2.61 bits per heavy atom. The molecule has 2 aromatic rings. The molecule has 1 aliphatic rings. The summed E-state index contributed by atoms with van der Waals surface area (Å²) in [6, 6.07) is 10.5. The summed E-state index contributed by atoms with van der Waals surface area (Å²) in [5, 5.41) is 3.20. The number of hydrogen-bond acceptors (Lipinski definition) is 4. The molecule has 2 aromatic carbocycles. The van der Waals surface area contributed by atoms with Gasteiger partial charge >= 0.3 is 6.03 Å². The van der Waals surface area contributed by atoms with Crippen molar-refractivity contribution < 1.29 is 19.1 Å². The lowest BCUT2D eigenvalue weighted by molar-refractivity contribution is -0.122. The zero-order chi connectivity index (χ0) is 20.3. The summed E-state index contributed by atoms with van der Waals surface area (Å²) in [5.41, 5.74) is 1.73. The van der Waals surface area contributed by atoms with Gasteiger partial charge in [0.15, 0.2) is 11.5 Å². The van der Waals surface area contributed by atoms with Crippen molar-refractivity contribution in [2.75, 3.05) is 13.7 Å². The quantitative estimate of drug-likeness (QED) is 0.500. The van der Waals surface area contributed by atoms with Gasteiger partial charge in [-0.25, -0.2) is 4.79 Å². The molecular weight excluding hydrogens is 448 g/mol. The van der Waals surface area contributed by atoms with Crippen molar-refractivity contribution in [3.63, 3.8) is 0 Å². The maximum atomic E-state index is 12.3. The van der Waals surface area contributed by atoms with Crippen LogP contribution in [0.1, 0.15) is 18.1 Å². The predicted molar refractivity (Wildman–Crippen MR) is 110 cm³/mol. The lowest BCUT2D eigenvalue weighted by Gasteiger charge is -2.13. The molecule has 1 saturated heterocycles. The Kier molecular flexibility index (Phi) is 6.26. The number of amides is 3. The van der Waals surface area contributed by atoms with Crippen LogP contribution >= 0.6 is 27.5 Å². The number of carbonyl (C=O) groups is 2. The second kappa shape index (κ2) is 8.67. The Hall–Kier alpha value is -2.51. The molecule has 0 spiro atoms. The highest BCUT2D eigenvalue weighted by Gasteiger charge is 2.32. The van der Waals surface area contributed by atoms with Crippen molar-refractivity contribution in [1.29, 1.82) is 0 Å². The number of halogens is 2. The van der Waals surface area contributed by atoms with E-state index in [0.717, 1.165) is 10.5 Å². The second-order valence-corrected chi connectivity index (χ2v) is 7.20. The third-order valence-electron chi connectivity index (χ3n) is 4.20. The zero-order valence-corrected chi connectivity index (χ0v) is 17.6. The van der Waals surface area contributed by atoms with Crippen molar-refractivity contribution in [3.8, 4) is 11.5 Å². The molecule has 1 aliphatic heterocycles. The normalized spacial score (nSPS) is 15.1. The van der Waals surface area contributed by atoms with Crippen LogP contribution in [0, 0.1) is 0 Å². The molecule has 0 radical (unpaired) electrons. The number of hydrogen-bond donors (Lipinski definition) is 1. The number of urea groups is 1. The summed E-state index contributed by atoms with van der Waals surface area (Å²) in [7, 11) is 1.53. The summed E-state index contributed by atoms with van der Waals surface area (Å²) in [4.78, 5) is 25.2. The van der Waals surface area contributed by atoms with Crippen LogP contribution in [0.2, 0.25) is 5.02 Å². The molecule has 3 rings (SSSR count). The van der Waals surface area contributed by atoms with E-state index in [-0.39, 0.29) is 18.2 Å². The molecule has 0 bridgehead atoms. The predicted octanol–water partition coefficient (Wildman–Crippen LogP) is 4.60. The van der Waals surface area contributed by atoms with Crippen molar-refractivity contribution in [1.82, 2.24) is 10.2 Å². The molecule has 1 heterocycles. The van der Waals surface area contributed by atoms with Crippen LogP contribution in [-0.2, 0) is 11.4 Å². The van der Waals surface area contributed by atoms with E-state index in [4.69, 9.17) is 21.1 Å². The maximum Gasteiger partial charge on any atom is 0.328 e. The largest absolute Gasteiger partial charge is 0.493 e. The minimum absolute atomic E-state index is 0.208. The number of nitrogens with zero attached hydrogens (tertiary/aromatic N) is 1. The Labute approximate surface area is 176 Å². The van der Waals surface area contributed by atoms with Gasteiger partial charge < -0.3 is 14.8 Å².